The number of carbonyl (C=O) groups is 1. The minimum atomic E-state index is -0.806. The van der Waals surface area contributed by atoms with Gasteiger partial charge in [0.1, 0.15) is 0 Å². The fraction of sp³-hybridized carbons (Fsp3) is 0.611. The first-order valence-corrected chi connectivity index (χ1v) is 8.19. The van der Waals surface area contributed by atoms with Crippen LogP contribution in [0.5, 0.6) is 0 Å². The second kappa shape index (κ2) is 8.43. The van der Waals surface area contributed by atoms with E-state index in [2.05, 4.69) is 4.90 Å². The molecule has 2 N–H and O–H groups in total. The molecule has 0 spiro atoms. The van der Waals surface area contributed by atoms with Crippen molar-refractivity contribution in [3.63, 3.8) is 0 Å². The molecule has 5 heteroatoms. The van der Waals surface area contributed by atoms with E-state index in [0.29, 0.717) is 6.61 Å². The maximum absolute atomic E-state index is 10.7. The third-order valence-electron chi connectivity index (χ3n) is 4.70. The van der Waals surface area contributed by atoms with Crippen LogP contribution in [0.3, 0.4) is 0 Å². The largest absolute Gasteiger partial charge is 0.481 e. The number of aliphatic carboxylic acids is 1. The molecular weight excluding hydrogens is 294 g/mol. The van der Waals surface area contributed by atoms with Crippen molar-refractivity contribution in [1.29, 1.82) is 0 Å². The summed E-state index contributed by atoms with van der Waals surface area (Å²) in [6, 6.07) is 7.78. The fourth-order valence-electron chi connectivity index (χ4n) is 3.37. The molecule has 0 amide bonds. The number of methoxy groups -OCH3 is 1. The summed E-state index contributed by atoms with van der Waals surface area (Å²) in [5, 5.41) is 18.6. The highest BCUT2D eigenvalue weighted by atomic mass is 16.5. The summed E-state index contributed by atoms with van der Waals surface area (Å²) in [5.74, 6) is -0.806. The third kappa shape index (κ3) is 5.30. The van der Waals surface area contributed by atoms with E-state index >= 15 is 0 Å². The minimum Gasteiger partial charge on any atom is -0.481 e. The lowest BCUT2D eigenvalue weighted by molar-refractivity contribution is -0.136. The Labute approximate surface area is 137 Å². The number of benzene rings is 1. The minimum absolute atomic E-state index is 0.0580. The average Bonchev–Trinajstić information content (AvgIpc) is 2.55. The Morgan fingerprint density at radius 1 is 1.30 bits per heavy atom. The number of ether oxygens (including phenoxy) is 1. The number of hydrogen-bond donors (Lipinski definition) is 2. The van der Waals surface area contributed by atoms with Crippen LogP contribution in [0.4, 0.5) is 0 Å². The molecule has 1 aromatic carbocycles. The third-order valence-corrected chi connectivity index (χ3v) is 4.70. The summed E-state index contributed by atoms with van der Waals surface area (Å²) in [6.45, 7) is 3.63. The standard InChI is InChI=1S/C18H27NO4/c1-23-10-8-18(14-20)7-2-9-19(13-18)12-16-5-3-15(4-6-16)11-17(21)22/h3-6,20H,2,7-14H2,1H3,(H,21,22)/t18-/m0/s1. The van der Waals surface area contributed by atoms with Crippen molar-refractivity contribution in [2.75, 3.05) is 33.4 Å². The van der Waals surface area contributed by atoms with Gasteiger partial charge in [-0.3, -0.25) is 9.69 Å². The molecule has 1 aromatic rings. The molecule has 0 aromatic heterocycles. The van der Waals surface area contributed by atoms with E-state index in [9.17, 15) is 9.90 Å². The summed E-state index contributed by atoms with van der Waals surface area (Å²) < 4.78 is 5.19. The second-order valence-corrected chi connectivity index (χ2v) is 6.60. The van der Waals surface area contributed by atoms with E-state index in [-0.39, 0.29) is 18.4 Å². The van der Waals surface area contributed by atoms with E-state index in [4.69, 9.17) is 9.84 Å². The van der Waals surface area contributed by atoms with Gasteiger partial charge in [-0.15, -0.1) is 0 Å². The van der Waals surface area contributed by atoms with Gasteiger partial charge in [0.25, 0.3) is 0 Å². The lowest BCUT2D eigenvalue weighted by Gasteiger charge is -2.42. The summed E-state index contributed by atoms with van der Waals surface area (Å²) in [5.41, 5.74) is 1.95. The highest BCUT2D eigenvalue weighted by Crippen LogP contribution is 2.33. The number of aliphatic hydroxyl groups is 1. The molecule has 128 valence electrons. The molecule has 1 aliphatic rings. The van der Waals surface area contributed by atoms with Crippen LogP contribution in [0.25, 0.3) is 0 Å². The first-order valence-electron chi connectivity index (χ1n) is 8.19. The number of aliphatic hydroxyl groups excluding tert-OH is 1. The number of hydrogen-bond acceptors (Lipinski definition) is 4. The summed E-state index contributed by atoms with van der Waals surface area (Å²) in [7, 11) is 1.70. The molecule has 1 atom stereocenters. The zero-order valence-corrected chi connectivity index (χ0v) is 13.8. The lowest BCUT2D eigenvalue weighted by Crippen LogP contribution is -2.45. The quantitative estimate of drug-likeness (QED) is 0.765. The molecule has 0 bridgehead atoms. The zero-order chi connectivity index (χ0) is 16.7. The molecule has 5 nitrogen and oxygen atoms in total. The van der Waals surface area contributed by atoms with Crippen molar-refractivity contribution < 1.29 is 19.7 Å². The van der Waals surface area contributed by atoms with Crippen LogP contribution in [0.2, 0.25) is 0 Å². The Morgan fingerprint density at radius 3 is 2.61 bits per heavy atom. The van der Waals surface area contributed by atoms with Gasteiger partial charge in [0.05, 0.1) is 13.0 Å². The number of nitrogens with zero attached hydrogens (tertiary/aromatic N) is 1. The molecule has 0 saturated carbocycles. The first kappa shape index (κ1) is 17.9. The normalized spacial score (nSPS) is 22.2. The lowest BCUT2D eigenvalue weighted by atomic mass is 9.78. The predicted octanol–water partition coefficient (Wildman–Crippen LogP) is 1.92. The number of piperidine rings is 1. The monoisotopic (exact) mass is 321 g/mol. The van der Waals surface area contributed by atoms with Crippen LogP contribution in [-0.4, -0.2) is 54.5 Å². The van der Waals surface area contributed by atoms with Gasteiger partial charge >= 0.3 is 5.97 Å². The van der Waals surface area contributed by atoms with Gasteiger partial charge in [-0.1, -0.05) is 24.3 Å². The smallest absolute Gasteiger partial charge is 0.307 e. The van der Waals surface area contributed by atoms with E-state index in [1.165, 1.54) is 5.56 Å². The van der Waals surface area contributed by atoms with Gasteiger partial charge in [-0.05, 0) is 36.9 Å². The molecule has 1 heterocycles. The Balaban J connectivity index is 1.95. The molecular formula is C18H27NO4. The van der Waals surface area contributed by atoms with Crippen LogP contribution in [-0.2, 0) is 22.5 Å². The summed E-state index contributed by atoms with van der Waals surface area (Å²) in [6.07, 6.45) is 3.07. The van der Waals surface area contributed by atoms with Crippen LogP contribution in [0, 0.1) is 5.41 Å². The van der Waals surface area contributed by atoms with Gasteiger partial charge in [0.2, 0.25) is 0 Å². The topological polar surface area (TPSA) is 70.0 Å². The van der Waals surface area contributed by atoms with E-state index in [1.54, 1.807) is 7.11 Å². The van der Waals surface area contributed by atoms with Crippen LogP contribution in [0.1, 0.15) is 30.4 Å². The number of carboxylic acids is 1. The number of rotatable bonds is 8. The van der Waals surface area contributed by atoms with Crippen LogP contribution >= 0.6 is 0 Å². The van der Waals surface area contributed by atoms with Crippen molar-refractivity contribution in [1.82, 2.24) is 4.90 Å². The zero-order valence-electron chi connectivity index (χ0n) is 13.8. The van der Waals surface area contributed by atoms with Crippen molar-refractivity contribution >= 4 is 5.97 Å². The molecule has 1 fully saturated rings. The van der Waals surface area contributed by atoms with Gasteiger partial charge in [-0.25, -0.2) is 0 Å². The fourth-order valence-corrected chi connectivity index (χ4v) is 3.37. The highest BCUT2D eigenvalue weighted by molar-refractivity contribution is 5.70. The van der Waals surface area contributed by atoms with Crippen molar-refractivity contribution in [2.45, 2.75) is 32.2 Å². The number of likely N-dealkylation sites (tertiary alicyclic amines) is 1. The van der Waals surface area contributed by atoms with E-state index in [1.807, 2.05) is 24.3 Å². The van der Waals surface area contributed by atoms with E-state index in [0.717, 1.165) is 44.5 Å². The van der Waals surface area contributed by atoms with Gasteiger partial charge in [0.15, 0.2) is 0 Å². The van der Waals surface area contributed by atoms with Gasteiger partial charge in [-0.2, -0.15) is 0 Å². The Bertz CT molecular complexity index is 502. The molecule has 0 unspecified atom stereocenters. The van der Waals surface area contributed by atoms with Crippen molar-refractivity contribution in [2.24, 2.45) is 5.41 Å². The molecule has 0 aliphatic carbocycles. The molecule has 1 aliphatic heterocycles. The van der Waals surface area contributed by atoms with Crippen LogP contribution in [0.15, 0.2) is 24.3 Å². The SMILES string of the molecule is COCC[C@@]1(CO)CCCN(Cc2ccc(CC(=O)O)cc2)C1. The number of carboxylic acid groups (broad SMARTS) is 1. The Hall–Kier alpha value is -1.43. The molecule has 1 saturated heterocycles. The van der Waals surface area contributed by atoms with Crippen molar-refractivity contribution in [3.8, 4) is 0 Å². The first-order chi connectivity index (χ1) is 11.1. The van der Waals surface area contributed by atoms with Crippen LogP contribution < -0.4 is 0 Å². The molecule has 0 radical (unpaired) electrons. The summed E-state index contributed by atoms with van der Waals surface area (Å²) in [4.78, 5) is 13.1. The Morgan fingerprint density at radius 2 is 2.00 bits per heavy atom. The van der Waals surface area contributed by atoms with Gasteiger partial charge in [0, 0.05) is 32.2 Å². The molecule has 2 rings (SSSR count). The summed E-state index contributed by atoms with van der Waals surface area (Å²) >= 11 is 0. The van der Waals surface area contributed by atoms with E-state index < -0.39 is 5.97 Å². The predicted molar refractivity (Wildman–Crippen MR) is 88.3 cm³/mol. The molecule has 23 heavy (non-hydrogen) atoms. The highest BCUT2D eigenvalue weighted by Gasteiger charge is 2.34. The average molecular weight is 321 g/mol. The van der Waals surface area contributed by atoms with Gasteiger partial charge < -0.3 is 14.9 Å². The maximum Gasteiger partial charge on any atom is 0.307 e. The second-order valence-electron chi connectivity index (χ2n) is 6.60. The van der Waals surface area contributed by atoms with Crippen molar-refractivity contribution in [3.05, 3.63) is 35.4 Å². The maximum atomic E-state index is 10.7. The Kier molecular flexibility index (Phi) is 6.57.